The van der Waals surface area contributed by atoms with Gasteiger partial charge in [-0.2, -0.15) is 0 Å². The number of nitrogens with one attached hydrogen (secondary N) is 1. The minimum atomic E-state index is -0.885. The molecule has 4 rings (SSSR count). The van der Waals surface area contributed by atoms with Crippen LogP contribution in [0.2, 0.25) is 4.34 Å². The number of hydrogen-bond donors (Lipinski definition) is 2. The van der Waals surface area contributed by atoms with Crippen molar-refractivity contribution in [2.45, 2.75) is 13.0 Å². The molecule has 0 bridgehead atoms. The fourth-order valence-corrected chi connectivity index (χ4v) is 4.66. The van der Waals surface area contributed by atoms with Crippen molar-refractivity contribution in [2.75, 3.05) is 35.4 Å². The van der Waals surface area contributed by atoms with Crippen molar-refractivity contribution >= 4 is 51.9 Å². The number of benzene rings is 2. The van der Waals surface area contributed by atoms with Crippen LogP contribution < -0.4 is 19.9 Å². The van der Waals surface area contributed by atoms with Crippen molar-refractivity contribution in [3.8, 4) is 5.75 Å². The van der Waals surface area contributed by atoms with E-state index in [1.54, 1.807) is 19.2 Å². The van der Waals surface area contributed by atoms with E-state index >= 15 is 0 Å². The highest BCUT2D eigenvalue weighted by Gasteiger charge is 2.28. The fraction of sp³-hybridized carbons (Fsp3) is 0.217. The summed E-state index contributed by atoms with van der Waals surface area (Å²) in [7, 11) is 1.59. The molecule has 3 aromatic rings. The molecule has 0 saturated carbocycles. The highest BCUT2D eigenvalue weighted by atomic mass is 35.5. The third-order valence-electron chi connectivity index (χ3n) is 5.26. The first-order valence-electron chi connectivity index (χ1n) is 10.1. The summed E-state index contributed by atoms with van der Waals surface area (Å²) in [5.41, 5.74) is 1.80. The van der Waals surface area contributed by atoms with Gasteiger partial charge in [0, 0.05) is 35.9 Å². The van der Waals surface area contributed by atoms with Crippen LogP contribution in [0, 0.1) is 5.82 Å². The third-order valence-corrected chi connectivity index (χ3v) is 6.48. The van der Waals surface area contributed by atoms with Crippen molar-refractivity contribution < 1.29 is 23.8 Å². The van der Waals surface area contributed by atoms with Crippen molar-refractivity contribution in [3.63, 3.8) is 0 Å². The number of ether oxygens (including phenoxy) is 1. The van der Waals surface area contributed by atoms with Gasteiger partial charge in [0.25, 0.3) is 5.91 Å². The lowest BCUT2D eigenvalue weighted by molar-refractivity contribution is -0.136. The van der Waals surface area contributed by atoms with E-state index in [2.05, 4.69) is 5.32 Å². The molecule has 0 fully saturated rings. The topological polar surface area (TPSA) is 82.1 Å². The van der Waals surface area contributed by atoms with E-state index in [1.807, 2.05) is 29.2 Å². The molecule has 0 aliphatic carbocycles. The minimum absolute atomic E-state index is 0.00358. The van der Waals surface area contributed by atoms with Gasteiger partial charge >= 0.3 is 5.97 Å². The maximum atomic E-state index is 14.2. The van der Waals surface area contributed by atoms with Gasteiger partial charge in [-0.3, -0.25) is 14.5 Å². The molecule has 1 amide bonds. The van der Waals surface area contributed by atoms with Crippen LogP contribution in [-0.2, 0) is 11.3 Å². The average molecular weight is 490 g/mol. The predicted molar refractivity (Wildman–Crippen MR) is 127 cm³/mol. The molecule has 1 aliphatic heterocycles. The van der Waals surface area contributed by atoms with Gasteiger partial charge in [-0.05, 0) is 42.5 Å². The number of aliphatic carboxylic acids is 1. The van der Waals surface area contributed by atoms with E-state index in [0.29, 0.717) is 28.9 Å². The molecule has 7 nitrogen and oxygen atoms in total. The minimum Gasteiger partial charge on any atom is -0.481 e. The summed E-state index contributed by atoms with van der Waals surface area (Å²) in [6, 6.07) is 13.5. The molecule has 2 N–H and O–H groups in total. The Morgan fingerprint density at radius 1 is 1.27 bits per heavy atom. The number of carboxylic acids is 1. The normalized spacial score (nSPS) is 12.8. The van der Waals surface area contributed by atoms with Crippen LogP contribution in [0.25, 0.3) is 0 Å². The fourth-order valence-electron chi connectivity index (χ4n) is 3.56. The number of carboxylic acid groups (broad SMARTS) is 1. The molecular weight excluding hydrogens is 469 g/mol. The Bertz CT molecular complexity index is 1180. The standard InChI is InChI=1S/C23H21ClFN3O4S/c1-26-19-11-20-17(10-18(19)25)23(31)28(13-32-20)15-4-2-14(3-5-15)27(9-8-22(29)30)12-16-6-7-21(24)33-16/h2-7,10-11,26H,8-9,12-13H2,1H3,(H,29,30). The zero-order valence-electron chi connectivity index (χ0n) is 17.7. The lowest BCUT2D eigenvalue weighted by atomic mass is 10.1. The van der Waals surface area contributed by atoms with Crippen LogP contribution in [0.15, 0.2) is 48.5 Å². The molecule has 172 valence electrons. The lowest BCUT2D eigenvalue weighted by Crippen LogP contribution is -2.38. The molecular formula is C23H21ClFN3O4S. The maximum Gasteiger partial charge on any atom is 0.305 e. The summed E-state index contributed by atoms with van der Waals surface area (Å²) >= 11 is 7.47. The molecule has 10 heteroatoms. The van der Waals surface area contributed by atoms with Gasteiger partial charge in [-0.25, -0.2) is 4.39 Å². The average Bonchev–Trinajstić information content (AvgIpc) is 3.21. The number of carbonyl (C=O) groups is 2. The van der Waals surface area contributed by atoms with Crippen molar-refractivity contribution in [1.82, 2.24) is 0 Å². The Morgan fingerprint density at radius 2 is 2.03 bits per heavy atom. The molecule has 0 saturated heterocycles. The number of halogens is 2. The number of thiophene rings is 1. The summed E-state index contributed by atoms with van der Waals surface area (Å²) in [5, 5.41) is 11.8. The molecule has 0 unspecified atom stereocenters. The second-order valence-electron chi connectivity index (χ2n) is 7.37. The van der Waals surface area contributed by atoms with Gasteiger partial charge in [-0.15, -0.1) is 11.3 Å². The predicted octanol–water partition coefficient (Wildman–Crippen LogP) is 5.06. The Balaban J connectivity index is 1.55. The van der Waals surface area contributed by atoms with E-state index in [-0.39, 0.29) is 30.3 Å². The van der Waals surface area contributed by atoms with Crippen LogP contribution in [0.5, 0.6) is 5.75 Å². The molecule has 1 aromatic heterocycles. The van der Waals surface area contributed by atoms with Crippen molar-refractivity contribution in [3.05, 3.63) is 69.1 Å². The summed E-state index contributed by atoms with van der Waals surface area (Å²) in [5.74, 6) is -1.45. The Hall–Kier alpha value is -3.30. The van der Waals surface area contributed by atoms with Crippen LogP contribution in [0.4, 0.5) is 21.5 Å². The first-order valence-corrected chi connectivity index (χ1v) is 11.3. The molecule has 2 heterocycles. The van der Waals surface area contributed by atoms with Gasteiger partial charge in [0.05, 0.1) is 28.6 Å². The summed E-state index contributed by atoms with van der Waals surface area (Å²) < 4.78 is 20.6. The van der Waals surface area contributed by atoms with Gasteiger partial charge < -0.3 is 20.1 Å². The maximum absolute atomic E-state index is 14.2. The first-order chi connectivity index (χ1) is 15.9. The summed E-state index contributed by atoms with van der Waals surface area (Å²) in [6.45, 7) is 0.822. The number of amides is 1. The van der Waals surface area contributed by atoms with Crippen LogP contribution >= 0.6 is 22.9 Å². The number of carbonyl (C=O) groups excluding carboxylic acids is 1. The highest BCUT2D eigenvalue weighted by Crippen LogP contribution is 2.33. The number of fused-ring (bicyclic) bond motifs is 1. The Kier molecular flexibility index (Phi) is 6.71. The highest BCUT2D eigenvalue weighted by molar-refractivity contribution is 7.16. The Labute approximate surface area is 199 Å². The molecule has 1 aliphatic rings. The molecule has 0 atom stereocenters. The van der Waals surface area contributed by atoms with E-state index in [4.69, 9.17) is 21.4 Å². The van der Waals surface area contributed by atoms with Gasteiger partial charge in [0.15, 0.2) is 6.73 Å². The summed E-state index contributed by atoms with van der Waals surface area (Å²) in [6.07, 6.45) is -0.0176. The second-order valence-corrected chi connectivity index (χ2v) is 9.17. The monoisotopic (exact) mass is 489 g/mol. The van der Waals surface area contributed by atoms with E-state index < -0.39 is 11.8 Å². The van der Waals surface area contributed by atoms with Crippen molar-refractivity contribution in [2.24, 2.45) is 0 Å². The molecule has 0 spiro atoms. The number of nitrogens with zero attached hydrogens (tertiary/aromatic N) is 2. The van der Waals surface area contributed by atoms with Crippen LogP contribution in [0.3, 0.4) is 0 Å². The summed E-state index contributed by atoms with van der Waals surface area (Å²) in [4.78, 5) is 28.5. The SMILES string of the molecule is CNc1cc2c(cc1F)C(=O)N(c1ccc(N(CCC(=O)O)Cc3ccc(Cl)s3)cc1)CO2. The zero-order valence-corrected chi connectivity index (χ0v) is 19.3. The lowest BCUT2D eigenvalue weighted by Gasteiger charge is -2.30. The van der Waals surface area contributed by atoms with Gasteiger partial charge in [0.2, 0.25) is 0 Å². The first kappa shape index (κ1) is 22.9. The van der Waals surface area contributed by atoms with Crippen molar-refractivity contribution in [1.29, 1.82) is 0 Å². The number of hydrogen-bond acceptors (Lipinski definition) is 6. The van der Waals surface area contributed by atoms with E-state index in [1.165, 1.54) is 28.4 Å². The van der Waals surface area contributed by atoms with E-state index in [9.17, 15) is 14.0 Å². The molecule has 2 aromatic carbocycles. The van der Waals surface area contributed by atoms with Crippen LogP contribution in [0.1, 0.15) is 21.7 Å². The van der Waals surface area contributed by atoms with Gasteiger partial charge in [-0.1, -0.05) is 11.6 Å². The van der Waals surface area contributed by atoms with Gasteiger partial charge in [0.1, 0.15) is 11.6 Å². The zero-order chi connectivity index (χ0) is 23.5. The second kappa shape index (κ2) is 9.68. The molecule has 0 radical (unpaired) electrons. The molecule has 33 heavy (non-hydrogen) atoms. The third kappa shape index (κ3) is 5.04. The number of rotatable bonds is 8. The quantitative estimate of drug-likeness (QED) is 0.460. The largest absolute Gasteiger partial charge is 0.481 e. The van der Waals surface area contributed by atoms with E-state index in [0.717, 1.165) is 10.6 Å². The smallest absolute Gasteiger partial charge is 0.305 e. The van der Waals surface area contributed by atoms with Crippen LogP contribution in [-0.4, -0.2) is 37.3 Å². The Morgan fingerprint density at radius 3 is 2.67 bits per heavy atom. The number of anilines is 3.